The van der Waals surface area contributed by atoms with Crippen LogP contribution in [0.2, 0.25) is 0 Å². The zero-order chi connectivity index (χ0) is 26.2. The van der Waals surface area contributed by atoms with Gasteiger partial charge in [0, 0.05) is 23.6 Å². The van der Waals surface area contributed by atoms with Gasteiger partial charge in [0.1, 0.15) is 18.5 Å². The Morgan fingerprint density at radius 1 is 1.16 bits per heavy atom. The molecule has 38 heavy (non-hydrogen) atoms. The lowest BCUT2D eigenvalue weighted by Crippen LogP contribution is -2.39. The van der Waals surface area contributed by atoms with E-state index >= 15 is 0 Å². The van der Waals surface area contributed by atoms with E-state index in [0.29, 0.717) is 36.4 Å². The van der Waals surface area contributed by atoms with Gasteiger partial charge in [0.25, 0.3) is 0 Å². The molecule has 6 rings (SSSR count). The molecule has 1 amide bonds. The van der Waals surface area contributed by atoms with E-state index in [1.165, 1.54) is 24.0 Å². The van der Waals surface area contributed by atoms with Gasteiger partial charge < -0.3 is 19.8 Å². The maximum atomic E-state index is 12.5. The molecule has 0 spiro atoms. The maximum absolute atomic E-state index is 12.5. The molecule has 4 aromatic rings. The maximum Gasteiger partial charge on any atom is 0.429 e. The van der Waals surface area contributed by atoms with E-state index in [-0.39, 0.29) is 6.10 Å². The van der Waals surface area contributed by atoms with Gasteiger partial charge in [0.15, 0.2) is 6.33 Å². The van der Waals surface area contributed by atoms with E-state index in [2.05, 4.69) is 20.0 Å². The molecule has 2 fully saturated rings. The van der Waals surface area contributed by atoms with Crippen LogP contribution in [0.4, 0.5) is 16.2 Å². The van der Waals surface area contributed by atoms with Crippen molar-refractivity contribution in [1.82, 2.24) is 24.8 Å². The summed E-state index contributed by atoms with van der Waals surface area (Å²) in [5, 5.41) is 13.6. The molecule has 2 aliphatic carbocycles. The van der Waals surface area contributed by atoms with Crippen molar-refractivity contribution in [2.75, 3.05) is 17.3 Å². The summed E-state index contributed by atoms with van der Waals surface area (Å²) in [7, 11) is 0. The summed E-state index contributed by atoms with van der Waals surface area (Å²) in [5.41, 5.74) is 10.9. The van der Waals surface area contributed by atoms with Gasteiger partial charge >= 0.3 is 6.09 Å². The number of nitrogens with zero attached hydrogens (tertiary/aromatic N) is 6. The van der Waals surface area contributed by atoms with Crippen LogP contribution >= 0.6 is 0 Å². The van der Waals surface area contributed by atoms with Gasteiger partial charge in [-0.25, -0.2) is 15.6 Å². The fourth-order valence-electron chi connectivity index (χ4n) is 4.80. The quantitative estimate of drug-likeness (QED) is 0.183. The van der Waals surface area contributed by atoms with E-state index < -0.39 is 6.09 Å². The van der Waals surface area contributed by atoms with Crippen LogP contribution in [0.25, 0.3) is 22.2 Å². The highest BCUT2D eigenvalue weighted by Gasteiger charge is 2.32. The minimum Gasteiger partial charge on any atom is -0.492 e. The number of carbonyl (C=O) groups excluding carboxylic acids is 1. The molecule has 2 aromatic heterocycles. The Bertz CT molecular complexity index is 1430. The van der Waals surface area contributed by atoms with E-state index in [4.69, 9.17) is 21.1 Å². The van der Waals surface area contributed by atoms with Crippen LogP contribution in [0.5, 0.6) is 5.75 Å². The van der Waals surface area contributed by atoms with Crippen molar-refractivity contribution >= 4 is 28.4 Å². The number of nitrogen functional groups attached to an aromatic ring is 1. The van der Waals surface area contributed by atoms with Crippen molar-refractivity contribution in [2.45, 2.75) is 51.8 Å². The van der Waals surface area contributed by atoms with Gasteiger partial charge in [-0.1, -0.05) is 12.1 Å². The molecule has 198 valence electrons. The molecule has 1 unspecified atom stereocenters. The lowest BCUT2D eigenvalue weighted by atomic mass is 10.1. The second kappa shape index (κ2) is 9.97. The lowest BCUT2D eigenvalue weighted by molar-refractivity contribution is 0.102. The standard InChI is InChI=1S/C27H32N8O3/c1-17(19-4-5-19)38-27(36)35(29)21-8-6-20(7-9-21)26-25(28)23-11-10-22(37-13-12-34-31-16-30-32-34)14-24(23)33(26)15-18-2-3-18/h6-11,14,16-19H,2-5,12-13,15,28-29H2,1H3. The number of nitrogens with two attached hydrogens (primary N) is 2. The van der Waals surface area contributed by atoms with Crippen molar-refractivity contribution in [3.63, 3.8) is 0 Å². The molecule has 4 N–H and O–H groups in total. The van der Waals surface area contributed by atoms with Gasteiger partial charge in [-0.2, -0.15) is 4.80 Å². The number of ether oxygens (including phenoxy) is 2. The third-order valence-electron chi connectivity index (χ3n) is 7.35. The highest BCUT2D eigenvalue weighted by atomic mass is 16.6. The number of anilines is 2. The molecule has 2 aliphatic rings. The normalized spacial score (nSPS) is 15.9. The molecule has 11 heteroatoms. The molecular weight excluding hydrogens is 484 g/mol. The first-order valence-electron chi connectivity index (χ1n) is 13.1. The molecule has 11 nitrogen and oxygen atoms in total. The number of hydrazine groups is 1. The summed E-state index contributed by atoms with van der Waals surface area (Å²) in [4.78, 5) is 14.0. The van der Waals surface area contributed by atoms with Crippen LogP contribution in [0, 0.1) is 11.8 Å². The van der Waals surface area contributed by atoms with Crippen molar-refractivity contribution < 1.29 is 14.3 Å². The number of aromatic nitrogens is 5. The Morgan fingerprint density at radius 3 is 2.63 bits per heavy atom. The molecule has 2 aromatic carbocycles. The van der Waals surface area contributed by atoms with Crippen LogP contribution in [-0.2, 0) is 17.8 Å². The van der Waals surface area contributed by atoms with Crippen LogP contribution in [0.3, 0.4) is 0 Å². The van der Waals surface area contributed by atoms with Gasteiger partial charge in [0.05, 0.1) is 29.1 Å². The second-order valence-corrected chi connectivity index (χ2v) is 10.2. The van der Waals surface area contributed by atoms with Crippen molar-refractivity contribution in [3.05, 3.63) is 48.8 Å². The summed E-state index contributed by atoms with van der Waals surface area (Å²) < 4.78 is 13.8. The SMILES string of the molecule is CC(OC(=O)N(N)c1ccc(-c2c(N)c3ccc(OCCn4ncnn4)cc3n2CC2CC2)cc1)C1CC1. The monoisotopic (exact) mass is 516 g/mol. The smallest absolute Gasteiger partial charge is 0.429 e. The average molecular weight is 517 g/mol. The van der Waals surface area contributed by atoms with E-state index in [9.17, 15) is 4.79 Å². The molecule has 2 saturated carbocycles. The van der Waals surface area contributed by atoms with Crippen LogP contribution in [-0.4, -0.2) is 43.6 Å². The molecule has 1 atom stereocenters. The van der Waals surface area contributed by atoms with E-state index in [1.54, 1.807) is 0 Å². The van der Waals surface area contributed by atoms with Gasteiger partial charge in [-0.15, -0.1) is 10.2 Å². The number of hydrogen-bond acceptors (Lipinski definition) is 8. The number of amides is 1. The summed E-state index contributed by atoms with van der Waals surface area (Å²) in [6.07, 6.45) is 5.34. The zero-order valence-corrected chi connectivity index (χ0v) is 21.4. The number of hydrogen-bond donors (Lipinski definition) is 2. The topological polar surface area (TPSA) is 139 Å². The summed E-state index contributed by atoms with van der Waals surface area (Å²) in [6.45, 7) is 3.72. The van der Waals surface area contributed by atoms with E-state index in [1.807, 2.05) is 49.4 Å². The third-order valence-corrected chi connectivity index (χ3v) is 7.35. The predicted molar refractivity (Wildman–Crippen MR) is 143 cm³/mol. The Balaban J connectivity index is 1.25. The van der Waals surface area contributed by atoms with Crippen LogP contribution < -0.4 is 21.3 Å². The van der Waals surface area contributed by atoms with Crippen molar-refractivity contribution in [1.29, 1.82) is 0 Å². The number of carbonyl (C=O) groups is 1. The van der Waals surface area contributed by atoms with Gasteiger partial charge in [-0.3, -0.25) is 0 Å². The number of fused-ring (bicyclic) bond motifs is 1. The van der Waals surface area contributed by atoms with Crippen molar-refractivity contribution in [3.8, 4) is 17.0 Å². The van der Waals surface area contributed by atoms with Crippen LogP contribution in [0.15, 0.2) is 48.8 Å². The molecule has 2 heterocycles. The lowest BCUT2D eigenvalue weighted by Gasteiger charge is -2.20. The highest BCUT2D eigenvalue weighted by molar-refractivity contribution is 6.01. The Labute approximate surface area is 220 Å². The molecule has 0 radical (unpaired) electrons. The Morgan fingerprint density at radius 2 is 1.95 bits per heavy atom. The second-order valence-electron chi connectivity index (χ2n) is 10.2. The molecule has 0 aliphatic heterocycles. The Hall–Kier alpha value is -4.12. The Kier molecular flexibility index (Phi) is 6.36. The van der Waals surface area contributed by atoms with Crippen molar-refractivity contribution in [2.24, 2.45) is 17.7 Å². The highest BCUT2D eigenvalue weighted by Crippen LogP contribution is 2.41. The first-order chi connectivity index (χ1) is 18.5. The first kappa shape index (κ1) is 24.2. The average Bonchev–Trinajstić information content (AvgIpc) is 3.86. The number of tetrazole rings is 1. The molecule has 0 saturated heterocycles. The third kappa shape index (κ3) is 5.01. The minimum atomic E-state index is -0.549. The summed E-state index contributed by atoms with van der Waals surface area (Å²) in [6, 6.07) is 13.5. The molecule has 0 bridgehead atoms. The zero-order valence-electron chi connectivity index (χ0n) is 21.4. The first-order valence-corrected chi connectivity index (χ1v) is 13.1. The van der Waals surface area contributed by atoms with Gasteiger partial charge in [0.2, 0.25) is 0 Å². The summed E-state index contributed by atoms with van der Waals surface area (Å²) in [5.74, 6) is 7.92. The fraction of sp³-hybridized carbons (Fsp3) is 0.407. The summed E-state index contributed by atoms with van der Waals surface area (Å²) >= 11 is 0. The molecular formula is C27H32N8O3. The number of rotatable bonds is 10. The predicted octanol–water partition coefficient (Wildman–Crippen LogP) is 3.98. The van der Waals surface area contributed by atoms with Crippen LogP contribution in [0.1, 0.15) is 32.6 Å². The van der Waals surface area contributed by atoms with Gasteiger partial charge in [-0.05, 0) is 73.9 Å². The number of benzene rings is 2. The largest absolute Gasteiger partial charge is 0.492 e. The van der Waals surface area contributed by atoms with E-state index in [0.717, 1.165) is 52.3 Å². The fourth-order valence-corrected chi connectivity index (χ4v) is 4.80. The minimum absolute atomic E-state index is 0.126.